The van der Waals surface area contributed by atoms with Gasteiger partial charge in [0.15, 0.2) is 6.61 Å². The summed E-state index contributed by atoms with van der Waals surface area (Å²) in [5, 5.41) is 0. The number of halogens is 1. The molecule has 24 heavy (non-hydrogen) atoms. The number of carbonyl (C=O) groups is 3. The van der Waals surface area contributed by atoms with Crippen LogP contribution in [0.2, 0.25) is 0 Å². The highest BCUT2D eigenvalue weighted by atomic mass is 79.9. The molecule has 2 amide bonds. The fraction of sp³-hybridized carbons (Fsp3) is 0.353. The van der Waals surface area contributed by atoms with Crippen LogP contribution in [-0.2, 0) is 19.1 Å². The van der Waals surface area contributed by atoms with Crippen LogP contribution in [0.3, 0.4) is 0 Å². The van der Waals surface area contributed by atoms with Crippen LogP contribution in [0.5, 0.6) is 0 Å². The number of ether oxygens (including phenoxy) is 1. The minimum Gasteiger partial charge on any atom is -0.452 e. The zero-order valence-electron chi connectivity index (χ0n) is 13.4. The topological polar surface area (TPSA) is 66.9 Å². The Hall–Kier alpha value is -2.15. The van der Waals surface area contributed by atoms with E-state index in [1.807, 2.05) is 24.3 Å². The first-order valence-electron chi connectivity index (χ1n) is 7.59. The Morgan fingerprint density at radius 1 is 1.17 bits per heavy atom. The van der Waals surface area contributed by atoms with Crippen LogP contribution < -0.4 is 0 Å². The van der Waals surface area contributed by atoms with Crippen molar-refractivity contribution in [2.24, 2.45) is 0 Å². The first kappa shape index (κ1) is 18.2. The van der Waals surface area contributed by atoms with Crippen LogP contribution in [0.1, 0.15) is 12.5 Å². The third kappa shape index (κ3) is 5.49. The van der Waals surface area contributed by atoms with Gasteiger partial charge in [0.2, 0.25) is 5.91 Å². The van der Waals surface area contributed by atoms with Crippen molar-refractivity contribution in [1.82, 2.24) is 9.80 Å². The first-order chi connectivity index (χ1) is 11.5. The van der Waals surface area contributed by atoms with E-state index >= 15 is 0 Å². The fourth-order valence-electron chi connectivity index (χ4n) is 2.32. The average molecular weight is 395 g/mol. The molecule has 1 fully saturated rings. The Kier molecular flexibility index (Phi) is 6.54. The third-order valence-electron chi connectivity index (χ3n) is 3.68. The number of carbonyl (C=O) groups excluding carboxylic acids is 3. The van der Waals surface area contributed by atoms with Crippen LogP contribution in [-0.4, -0.2) is 60.4 Å². The van der Waals surface area contributed by atoms with E-state index < -0.39 is 5.97 Å². The fourth-order valence-corrected chi connectivity index (χ4v) is 2.73. The zero-order chi connectivity index (χ0) is 17.5. The van der Waals surface area contributed by atoms with Crippen molar-refractivity contribution in [2.75, 3.05) is 32.8 Å². The summed E-state index contributed by atoms with van der Waals surface area (Å²) in [5.74, 6) is -0.806. The number of hydrogen-bond acceptors (Lipinski definition) is 4. The van der Waals surface area contributed by atoms with E-state index in [2.05, 4.69) is 15.9 Å². The number of benzene rings is 1. The van der Waals surface area contributed by atoms with Crippen molar-refractivity contribution in [2.45, 2.75) is 6.92 Å². The number of piperazine rings is 1. The molecule has 7 heteroatoms. The van der Waals surface area contributed by atoms with Crippen molar-refractivity contribution in [3.8, 4) is 0 Å². The monoisotopic (exact) mass is 394 g/mol. The summed E-state index contributed by atoms with van der Waals surface area (Å²) >= 11 is 3.35. The van der Waals surface area contributed by atoms with Crippen molar-refractivity contribution in [3.05, 3.63) is 40.4 Å². The zero-order valence-corrected chi connectivity index (χ0v) is 15.0. The molecule has 0 aromatic heterocycles. The lowest BCUT2D eigenvalue weighted by molar-refractivity contribution is -0.149. The molecule has 0 radical (unpaired) electrons. The maximum atomic E-state index is 12.0. The van der Waals surface area contributed by atoms with Gasteiger partial charge in [-0.2, -0.15) is 0 Å². The minimum atomic E-state index is -0.564. The Morgan fingerprint density at radius 3 is 2.46 bits per heavy atom. The molecular weight excluding hydrogens is 376 g/mol. The summed E-state index contributed by atoms with van der Waals surface area (Å²) in [6, 6.07) is 7.47. The SMILES string of the molecule is CC(=O)N1CCN(C(=O)COC(=O)/C=C/c2cccc(Br)c2)CC1. The Bertz CT molecular complexity index is 652. The van der Waals surface area contributed by atoms with Gasteiger partial charge >= 0.3 is 5.97 Å². The standard InChI is InChI=1S/C17H19BrN2O4/c1-13(21)19-7-9-20(10-8-19)16(22)12-24-17(23)6-5-14-3-2-4-15(18)11-14/h2-6,11H,7-10,12H2,1H3/b6-5+. The van der Waals surface area contributed by atoms with Crippen LogP contribution in [0.25, 0.3) is 6.08 Å². The van der Waals surface area contributed by atoms with E-state index in [1.54, 1.807) is 15.9 Å². The van der Waals surface area contributed by atoms with Gasteiger partial charge < -0.3 is 14.5 Å². The molecule has 0 unspecified atom stereocenters. The molecule has 128 valence electrons. The number of rotatable bonds is 4. The van der Waals surface area contributed by atoms with Gasteiger partial charge in [0, 0.05) is 43.7 Å². The molecular formula is C17H19BrN2O4. The Morgan fingerprint density at radius 2 is 1.83 bits per heavy atom. The minimum absolute atomic E-state index is 0.00575. The predicted octanol–water partition coefficient (Wildman–Crippen LogP) is 1.70. The molecule has 0 atom stereocenters. The van der Waals surface area contributed by atoms with E-state index in [0.717, 1.165) is 10.0 Å². The van der Waals surface area contributed by atoms with Crippen molar-refractivity contribution >= 4 is 39.8 Å². The van der Waals surface area contributed by atoms with E-state index in [1.165, 1.54) is 13.0 Å². The summed E-state index contributed by atoms with van der Waals surface area (Å²) in [5.41, 5.74) is 0.855. The van der Waals surface area contributed by atoms with Gasteiger partial charge in [-0.05, 0) is 23.8 Å². The molecule has 0 spiro atoms. The smallest absolute Gasteiger partial charge is 0.331 e. The second kappa shape index (κ2) is 8.63. The Labute approximate surface area is 149 Å². The van der Waals surface area contributed by atoms with Gasteiger partial charge in [-0.15, -0.1) is 0 Å². The summed E-state index contributed by atoms with van der Waals surface area (Å²) in [4.78, 5) is 38.2. The number of nitrogens with zero attached hydrogens (tertiary/aromatic N) is 2. The van der Waals surface area contributed by atoms with E-state index in [9.17, 15) is 14.4 Å². The van der Waals surface area contributed by atoms with Crippen LogP contribution in [0.4, 0.5) is 0 Å². The summed E-state index contributed by atoms with van der Waals surface area (Å²) < 4.78 is 5.89. The number of amides is 2. The molecule has 1 aliphatic rings. The van der Waals surface area contributed by atoms with Crippen LogP contribution in [0, 0.1) is 0 Å². The van der Waals surface area contributed by atoms with Gasteiger partial charge in [-0.25, -0.2) is 4.79 Å². The summed E-state index contributed by atoms with van der Waals surface area (Å²) in [6.45, 7) is 3.17. The quantitative estimate of drug-likeness (QED) is 0.575. The first-order valence-corrected chi connectivity index (χ1v) is 8.38. The highest BCUT2D eigenvalue weighted by molar-refractivity contribution is 9.10. The highest BCUT2D eigenvalue weighted by Gasteiger charge is 2.22. The average Bonchev–Trinajstić information content (AvgIpc) is 2.58. The lowest BCUT2D eigenvalue weighted by Crippen LogP contribution is -2.51. The van der Waals surface area contributed by atoms with Gasteiger partial charge in [0.25, 0.3) is 5.91 Å². The molecule has 2 rings (SSSR count). The second-order valence-electron chi connectivity index (χ2n) is 5.38. The highest BCUT2D eigenvalue weighted by Crippen LogP contribution is 2.12. The van der Waals surface area contributed by atoms with Crippen molar-refractivity contribution < 1.29 is 19.1 Å². The lowest BCUT2D eigenvalue weighted by atomic mass is 10.2. The molecule has 0 N–H and O–H groups in total. The molecule has 1 aliphatic heterocycles. The van der Waals surface area contributed by atoms with E-state index in [4.69, 9.17) is 4.74 Å². The summed E-state index contributed by atoms with van der Waals surface area (Å²) in [7, 11) is 0. The molecule has 1 aromatic carbocycles. The summed E-state index contributed by atoms with van der Waals surface area (Å²) in [6.07, 6.45) is 2.92. The third-order valence-corrected chi connectivity index (χ3v) is 4.17. The van der Waals surface area contributed by atoms with Gasteiger partial charge in [-0.3, -0.25) is 9.59 Å². The molecule has 1 heterocycles. The molecule has 0 aliphatic carbocycles. The number of hydrogen-bond donors (Lipinski definition) is 0. The molecule has 1 aromatic rings. The van der Waals surface area contributed by atoms with Gasteiger partial charge in [-0.1, -0.05) is 28.1 Å². The molecule has 0 saturated carbocycles. The maximum Gasteiger partial charge on any atom is 0.331 e. The number of esters is 1. The largest absolute Gasteiger partial charge is 0.452 e. The van der Waals surface area contributed by atoms with E-state index in [-0.39, 0.29) is 18.4 Å². The van der Waals surface area contributed by atoms with Crippen molar-refractivity contribution in [1.29, 1.82) is 0 Å². The second-order valence-corrected chi connectivity index (χ2v) is 6.30. The maximum absolute atomic E-state index is 12.0. The normalized spacial score (nSPS) is 14.8. The molecule has 6 nitrogen and oxygen atoms in total. The predicted molar refractivity (Wildman–Crippen MR) is 93.0 cm³/mol. The van der Waals surface area contributed by atoms with Gasteiger partial charge in [0.1, 0.15) is 0 Å². The Balaban J connectivity index is 1.75. The van der Waals surface area contributed by atoms with Gasteiger partial charge in [0.05, 0.1) is 0 Å². The van der Waals surface area contributed by atoms with Crippen molar-refractivity contribution in [3.63, 3.8) is 0 Å². The van der Waals surface area contributed by atoms with Crippen LogP contribution in [0.15, 0.2) is 34.8 Å². The molecule has 0 bridgehead atoms. The van der Waals surface area contributed by atoms with E-state index in [0.29, 0.717) is 26.2 Å². The molecule has 1 saturated heterocycles. The lowest BCUT2D eigenvalue weighted by Gasteiger charge is -2.34. The van der Waals surface area contributed by atoms with Crippen LogP contribution >= 0.6 is 15.9 Å².